The standard InChI is InChI=1S/C11H11BrF3NO/c12-6-2-1-3-8-4-5-9(7-10(8)16)17-11(13,14)15/h1,3-5,7H,2,6,16H2. The van der Waals surface area contributed by atoms with Crippen LogP contribution in [0.25, 0.3) is 6.08 Å². The average molecular weight is 310 g/mol. The van der Waals surface area contributed by atoms with Crippen molar-refractivity contribution in [2.24, 2.45) is 0 Å². The van der Waals surface area contributed by atoms with E-state index in [4.69, 9.17) is 5.73 Å². The molecule has 0 radical (unpaired) electrons. The molecule has 0 atom stereocenters. The summed E-state index contributed by atoms with van der Waals surface area (Å²) < 4.78 is 39.6. The predicted octanol–water partition coefficient (Wildman–Crippen LogP) is 3.97. The summed E-state index contributed by atoms with van der Waals surface area (Å²) in [7, 11) is 0. The van der Waals surface area contributed by atoms with Crippen LogP contribution in [-0.4, -0.2) is 11.7 Å². The van der Waals surface area contributed by atoms with Gasteiger partial charge in [-0.3, -0.25) is 0 Å². The lowest BCUT2D eigenvalue weighted by atomic mass is 10.1. The van der Waals surface area contributed by atoms with Gasteiger partial charge < -0.3 is 10.5 Å². The molecule has 0 amide bonds. The molecule has 0 aliphatic carbocycles. The van der Waals surface area contributed by atoms with Crippen LogP contribution in [0.2, 0.25) is 0 Å². The molecule has 1 aromatic carbocycles. The smallest absolute Gasteiger partial charge is 0.406 e. The van der Waals surface area contributed by atoms with Gasteiger partial charge in [0.15, 0.2) is 0 Å². The maximum absolute atomic E-state index is 11.9. The van der Waals surface area contributed by atoms with Crippen molar-refractivity contribution in [3.63, 3.8) is 0 Å². The highest BCUT2D eigenvalue weighted by Crippen LogP contribution is 2.26. The Kier molecular flexibility index (Phi) is 4.86. The first-order chi connectivity index (χ1) is 7.92. The molecule has 0 unspecified atom stereocenters. The van der Waals surface area contributed by atoms with Crippen LogP contribution in [0.1, 0.15) is 12.0 Å². The van der Waals surface area contributed by atoms with Gasteiger partial charge in [-0.05, 0) is 24.1 Å². The van der Waals surface area contributed by atoms with Gasteiger partial charge in [0.05, 0.1) is 0 Å². The number of rotatable bonds is 4. The van der Waals surface area contributed by atoms with Crippen LogP contribution in [0.15, 0.2) is 24.3 Å². The maximum atomic E-state index is 11.9. The van der Waals surface area contributed by atoms with Crippen molar-refractivity contribution in [2.45, 2.75) is 12.8 Å². The van der Waals surface area contributed by atoms with Crippen molar-refractivity contribution in [1.29, 1.82) is 0 Å². The van der Waals surface area contributed by atoms with Gasteiger partial charge in [0.2, 0.25) is 0 Å². The number of hydrogen-bond acceptors (Lipinski definition) is 2. The third-order valence-electron chi connectivity index (χ3n) is 1.87. The second-order valence-corrected chi connectivity index (χ2v) is 4.01. The second kappa shape index (κ2) is 5.95. The summed E-state index contributed by atoms with van der Waals surface area (Å²) in [6.45, 7) is 0. The van der Waals surface area contributed by atoms with E-state index < -0.39 is 6.36 Å². The van der Waals surface area contributed by atoms with E-state index in [9.17, 15) is 13.2 Å². The number of halogens is 4. The number of allylic oxidation sites excluding steroid dienone is 1. The van der Waals surface area contributed by atoms with E-state index in [1.807, 2.05) is 6.08 Å². The van der Waals surface area contributed by atoms with Gasteiger partial charge >= 0.3 is 6.36 Å². The minimum absolute atomic E-state index is 0.248. The molecule has 2 nitrogen and oxygen atoms in total. The Morgan fingerprint density at radius 3 is 2.59 bits per heavy atom. The van der Waals surface area contributed by atoms with Gasteiger partial charge in [-0.1, -0.05) is 28.1 Å². The topological polar surface area (TPSA) is 35.2 Å². The van der Waals surface area contributed by atoms with Crippen molar-refractivity contribution in [1.82, 2.24) is 0 Å². The number of nitrogens with two attached hydrogens (primary N) is 1. The van der Waals surface area contributed by atoms with E-state index in [2.05, 4.69) is 20.7 Å². The van der Waals surface area contributed by atoms with Crippen LogP contribution >= 0.6 is 15.9 Å². The predicted molar refractivity (Wildman–Crippen MR) is 65.0 cm³/mol. The van der Waals surface area contributed by atoms with E-state index in [1.165, 1.54) is 12.1 Å². The molecule has 0 aliphatic heterocycles. The maximum Gasteiger partial charge on any atom is 0.573 e. The molecule has 0 bridgehead atoms. The Hall–Kier alpha value is -1.17. The van der Waals surface area contributed by atoms with Crippen LogP contribution < -0.4 is 10.5 Å². The highest BCUT2D eigenvalue weighted by atomic mass is 79.9. The monoisotopic (exact) mass is 309 g/mol. The number of hydrogen-bond donors (Lipinski definition) is 1. The van der Waals surface area contributed by atoms with E-state index in [0.717, 1.165) is 17.8 Å². The molecule has 6 heteroatoms. The summed E-state index contributed by atoms with van der Waals surface area (Å²) in [6, 6.07) is 3.88. The van der Waals surface area contributed by atoms with Gasteiger partial charge in [0.1, 0.15) is 5.75 Å². The number of nitrogen functional groups attached to an aromatic ring is 1. The van der Waals surface area contributed by atoms with Gasteiger partial charge in [-0.15, -0.1) is 13.2 Å². The summed E-state index contributed by atoms with van der Waals surface area (Å²) in [5.41, 5.74) is 6.53. The summed E-state index contributed by atoms with van der Waals surface area (Å²) in [5.74, 6) is -0.312. The van der Waals surface area contributed by atoms with E-state index in [-0.39, 0.29) is 11.4 Å². The second-order valence-electron chi connectivity index (χ2n) is 3.22. The first-order valence-electron chi connectivity index (χ1n) is 4.80. The van der Waals surface area contributed by atoms with Gasteiger partial charge in [0, 0.05) is 17.1 Å². The molecule has 0 saturated carbocycles. The van der Waals surface area contributed by atoms with Crippen molar-refractivity contribution >= 4 is 27.7 Å². The molecule has 1 aromatic rings. The zero-order valence-electron chi connectivity index (χ0n) is 8.80. The summed E-state index contributed by atoms with van der Waals surface area (Å²) in [5, 5.41) is 0.818. The lowest BCUT2D eigenvalue weighted by Gasteiger charge is -2.10. The van der Waals surface area contributed by atoms with Crippen molar-refractivity contribution in [3.8, 4) is 5.75 Å². The summed E-state index contributed by atoms with van der Waals surface area (Å²) in [4.78, 5) is 0. The van der Waals surface area contributed by atoms with Crippen molar-refractivity contribution < 1.29 is 17.9 Å². The van der Waals surface area contributed by atoms with E-state index in [0.29, 0.717) is 5.56 Å². The molecule has 0 aromatic heterocycles. The zero-order chi connectivity index (χ0) is 12.9. The number of benzene rings is 1. The normalized spacial score (nSPS) is 12.0. The molecule has 0 fully saturated rings. The van der Waals surface area contributed by atoms with Crippen molar-refractivity contribution in [3.05, 3.63) is 29.8 Å². The number of anilines is 1. The van der Waals surface area contributed by atoms with Crippen LogP contribution in [0, 0.1) is 0 Å². The Bertz CT molecular complexity index is 404. The molecule has 0 spiro atoms. The van der Waals surface area contributed by atoms with E-state index >= 15 is 0 Å². The van der Waals surface area contributed by atoms with Gasteiger partial charge in [-0.25, -0.2) is 0 Å². The lowest BCUT2D eigenvalue weighted by Crippen LogP contribution is -2.17. The van der Waals surface area contributed by atoms with Crippen LogP contribution in [0.4, 0.5) is 18.9 Å². The van der Waals surface area contributed by atoms with Crippen LogP contribution in [0.3, 0.4) is 0 Å². The lowest BCUT2D eigenvalue weighted by molar-refractivity contribution is -0.274. The van der Waals surface area contributed by atoms with Crippen LogP contribution in [0.5, 0.6) is 5.75 Å². The molecule has 94 valence electrons. The van der Waals surface area contributed by atoms with Gasteiger partial charge in [-0.2, -0.15) is 0 Å². The van der Waals surface area contributed by atoms with Crippen molar-refractivity contribution in [2.75, 3.05) is 11.1 Å². The fraction of sp³-hybridized carbons (Fsp3) is 0.273. The molecular weight excluding hydrogens is 299 g/mol. The summed E-state index contributed by atoms with van der Waals surface area (Å²) >= 11 is 3.26. The molecule has 0 heterocycles. The molecular formula is C11H11BrF3NO. The number of ether oxygens (including phenoxy) is 1. The molecule has 0 aliphatic rings. The van der Waals surface area contributed by atoms with E-state index in [1.54, 1.807) is 6.08 Å². The average Bonchev–Trinajstić information content (AvgIpc) is 2.19. The quantitative estimate of drug-likeness (QED) is 0.675. The molecule has 0 saturated heterocycles. The number of alkyl halides is 4. The van der Waals surface area contributed by atoms with Gasteiger partial charge in [0.25, 0.3) is 0 Å². The summed E-state index contributed by atoms with van der Waals surface area (Å²) in [6.07, 6.45) is -0.237. The SMILES string of the molecule is Nc1cc(OC(F)(F)F)ccc1C=CCCBr. The fourth-order valence-corrected chi connectivity index (χ4v) is 1.44. The van der Waals surface area contributed by atoms with Crippen LogP contribution in [-0.2, 0) is 0 Å². The Morgan fingerprint density at radius 2 is 2.06 bits per heavy atom. The minimum Gasteiger partial charge on any atom is -0.406 e. The molecule has 17 heavy (non-hydrogen) atoms. The third kappa shape index (κ3) is 5.12. The third-order valence-corrected chi connectivity index (χ3v) is 2.32. The molecule has 2 N–H and O–H groups in total. The fourth-order valence-electron chi connectivity index (χ4n) is 1.18. The highest BCUT2D eigenvalue weighted by Gasteiger charge is 2.31. The largest absolute Gasteiger partial charge is 0.573 e. The Morgan fingerprint density at radius 1 is 1.35 bits per heavy atom. The molecule has 1 rings (SSSR count). The first kappa shape index (κ1) is 13.9. The Balaban J connectivity index is 2.79. The minimum atomic E-state index is -4.69. The first-order valence-corrected chi connectivity index (χ1v) is 5.92. The Labute approximate surface area is 105 Å². The highest BCUT2D eigenvalue weighted by molar-refractivity contribution is 9.09. The zero-order valence-corrected chi connectivity index (χ0v) is 10.4.